The first kappa shape index (κ1) is 25.1. The van der Waals surface area contributed by atoms with Crippen molar-refractivity contribution in [3.05, 3.63) is 95.0 Å². The fourth-order valence-corrected chi connectivity index (χ4v) is 4.66. The number of benzene rings is 3. The van der Waals surface area contributed by atoms with Gasteiger partial charge in [-0.2, -0.15) is 0 Å². The van der Waals surface area contributed by atoms with Gasteiger partial charge in [0.15, 0.2) is 0 Å². The van der Waals surface area contributed by atoms with Crippen molar-refractivity contribution in [1.82, 2.24) is 4.90 Å². The van der Waals surface area contributed by atoms with Crippen LogP contribution in [-0.2, 0) is 9.59 Å². The first-order chi connectivity index (χ1) is 17.4. The lowest BCUT2D eigenvalue weighted by Gasteiger charge is -2.17. The predicted octanol–water partition coefficient (Wildman–Crippen LogP) is 5.39. The van der Waals surface area contributed by atoms with Gasteiger partial charge in [0.05, 0.1) is 7.11 Å². The Morgan fingerprint density at radius 3 is 2.31 bits per heavy atom. The number of anilines is 2. The lowest BCUT2D eigenvalue weighted by atomic mass is 10.2. The van der Waals surface area contributed by atoms with Crippen molar-refractivity contribution < 1.29 is 19.1 Å². The minimum absolute atomic E-state index is 0.126. The average Bonchev–Trinajstić information content (AvgIpc) is 3.09. The van der Waals surface area contributed by atoms with Crippen molar-refractivity contribution in [2.45, 2.75) is 18.7 Å². The molecule has 0 saturated heterocycles. The lowest BCUT2D eigenvalue weighted by Crippen LogP contribution is -2.35. The van der Waals surface area contributed by atoms with E-state index >= 15 is 0 Å². The number of thioether (sulfide) groups is 1. The van der Waals surface area contributed by atoms with Gasteiger partial charge in [-0.15, -0.1) is 0 Å². The number of nitrogens with zero attached hydrogens (tertiary/aromatic N) is 1. The molecule has 0 fully saturated rings. The molecule has 0 unspecified atom stereocenters. The number of hydrogen-bond donors (Lipinski definition) is 2. The van der Waals surface area contributed by atoms with Crippen LogP contribution in [-0.4, -0.2) is 36.3 Å². The molecular weight excluding hydrogens is 474 g/mol. The highest BCUT2D eigenvalue weighted by atomic mass is 32.2. The highest BCUT2D eigenvalue weighted by Gasteiger charge is 2.39. The van der Waals surface area contributed by atoms with E-state index in [4.69, 9.17) is 4.74 Å². The molecule has 4 rings (SSSR count). The van der Waals surface area contributed by atoms with Gasteiger partial charge in [0.2, 0.25) is 0 Å². The molecule has 0 radical (unpaired) electrons. The van der Waals surface area contributed by atoms with Gasteiger partial charge in [-0.1, -0.05) is 49.9 Å². The average molecular weight is 502 g/mol. The molecule has 1 aliphatic heterocycles. The SMILES string of the molecule is COc1ccc(NC2=C(Sc3cccc(NC(=O)c4ccccc4)c3)C(=O)N(CC(C)C)C2=O)cc1. The molecule has 8 heteroatoms. The first-order valence-electron chi connectivity index (χ1n) is 11.5. The van der Waals surface area contributed by atoms with Gasteiger partial charge in [-0.25, -0.2) is 0 Å². The number of hydrogen-bond acceptors (Lipinski definition) is 6. The molecule has 0 aromatic heterocycles. The summed E-state index contributed by atoms with van der Waals surface area (Å²) in [4.78, 5) is 41.4. The highest BCUT2D eigenvalue weighted by Crippen LogP contribution is 2.37. The Balaban J connectivity index is 1.60. The summed E-state index contributed by atoms with van der Waals surface area (Å²) in [6, 6.07) is 23.3. The van der Waals surface area contributed by atoms with Crippen LogP contribution in [0, 0.1) is 5.92 Å². The fourth-order valence-electron chi connectivity index (χ4n) is 3.66. The summed E-state index contributed by atoms with van der Waals surface area (Å²) in [5.74, 6) is -0.113. The van der Waals surface area contributed by atoms with Crippen LogP contribution in [0.4, 0.5) is 11.4 Å². The maximum absolute atomic E-state index is 13.3. The van der Waals surface area contributed by atoms with E-state index in [0.717, 1.165) is 4.90 Å². The monoisotopic (exact) mass is 501 g/mol. The third kappa shape index (κ3) is 5.78. The van der Waals surface area contributed by atoms with Crippen molar-refractivity contribution in [3.8, 4) is 5.75 Å². The zero-order valence-electron chi connectivity index (χ0n) is 20.3. The third-order valence-electron chi connectivity index (χ3n) is 5.38. The number of rotatable bonds is 9. The van der Waals surface area contributed by atoms with Crippen molar-refractivity contribution in [2.75, 3.05) is 24.3 Å². The quantitative estimate of drug-likeness (QED) is 0.383. The molecule has 7 nitrogen and oxygen atoms in total. The number of methoxy groups -OCH3 is 1. The largest absolute Gasteiger partial charge is 0.497 e. The van der Waals surface area contributed by atoms with Crippen LogP contribution >= 0.6 is 11.8 Å². The van der Waals surface area contributed by atoms with Gasteiger partial charge >= 0.3 is 0 Å². The smallest absolute Gasteiger partial charge is 0.278 e. The molecule has 3 aromatic carbocycles. The molecule has 184 valence electrons. The first-order valence-corrected chi connectivity index (χ1v) is 12.3. The predicted molar refractivity (Wildman–Crippen MR) is 142 cm³/mol. The molecule has 1 heterocycles. The van der Waals surface area contributed by atoms with Crippen molar-refractivity contribution >= 4 is 40.9 Å². The Morgan fingerprint density at radius 1 is 0.917 bits per heavy atom. The Bertz CT molecular complexity index is 1300. The van der Waals surface area contributed by atoms with Crippen LogP contribution in [0.1, 0.15) is 24.2 Å². The number of carbonyl (C=O) groups is 3. The Morgan fingerprint density at radius 2 is 1.64 bits per heavy atom. The van der Waals surface area contributed by atoms with E-state index in [1.807, 2.05) is 26.0 Å². The minimum Gasteiger partial charge on any atom is -0.497 e. The second-order valence-corrected chi connectivity index (χ2v) is 9.71. The Hall–Kier alpha value is -4.04. The molecule has 3 aromatic rings. The van der Waals surface area contributed by atoms with E-state index in [9.17, 15) is 14.4 Å². The number of ether oxygens (including phenoxy) is 1. The molecule has 2 N–H and O–H groups in total. The second kappa shape index (κ2) is 11.1. The van der Waals surface area contributed by atoms with E-state index in [1.54, 1.807) is 73.8 Å². The van der Waals surface area contributed by atoms with Gasteiger partial charge in [0.25, 0.3) is 17.7 Å². The van der Waals surface area contributed by atoms with Crippen LogP contribution in [0.25, 0.3) is 0 Å². The number of amides is 3. The van der Waals surface area contributed by atoms with Crippen molar-refractivity contribution in [1.29, 1.82) is 0 Å². The molecular formula is C28H27N3O4S. The zero-order valence-corrected chi connectivity index (χ0v) is 21.1. The van der Waals surface area contributed by atoms with Gasteiger partial charge in [-0.05, 0) is 60.5 Å². The van der Waals surface area contributed by atoms with Crippen molar-refractivity contribution in [3.63, 3.8) is 0 Å². The molecule has 0 atom stereocenters. The molecule has 0 saturated carbocycles. The van der Waals surface area contributed by atoms with Gasteiger partial charge < -0.3 is 15.4 Å². The van der Waals surface area contributed by atoms with Crippen LogP contribution < -0.4 is 15.4 Å². The normalized spacial score (nSPS) is 13.4. The summed E-state index contributed by atoms with van der Waals surface area (Å²) in [6.45, 7) is 4.24. The lowest BCUT2D eigenvalue weighted by molar-refractivity contribution is -0.137. The van der Waals surface area contributed by atoms with E-state index in [1.165, 1.54) is 16.7 Å². The highest BCUT2D eigenvalue weighted by molar-refractivity contribution is 8.04. The van der Waals surface area contributed by atoms with E-state index in [-0.39, 0.29) is 29.3 Å². The third-order valence-corrected chi connectivity index (χ3v) is 6.45. The number of nitrogens with one attached hydrogen (secondary N) is 2. The minimum atomic E-state index is -0.361. The Labute approximate surface area is 214 Å². The molecule has 0 spiro atoms. The topological polar surface area (TPSA) is 87.7 Å². The summed E-state index contributed by atoms with van der Waals surface area (Å²) in [5.41, 5.74) is 2.04. The Kier molecular flexibility index (Phi) is 7.75. The van der Waals surface area contributed by atoms with Gasteiger partial charge in [0.1, 0.15) is 16.4 Å². The van der Waals surface area contributed by atoms with Gasteiger partial charge in [0, 0.05) is 28.4 Å². The van der Waals surface area contributed by atoms with E-state index in [2.05, 4.69) is 10.6 Å². The maximum atomic E-state index is 13.3. The van der Waals surface area contributed by atoms with Crippen molar-refractivity contribution in [2.24, 2.45) is 5.92 Å². The molecule has 0 aliphatic carbocycles. The summed E-state index contributed by atoms with van der Waals surface area (Å²) in [7, 11) is 1.58. The standard InChI is InChI=1S/C28H27N3O4S/c1-18(2)17-31-27(33)24(29-20-12-14-22(35-3)15-13-20)25(28(31)34)36-23-11-7-10-21(16-23)30-26(32)19-8-5-4-6-9-19/h4-16,18,29H,17H2,1-3H3,(H,30,32). The molecule has 3 amide bonds. The summed E-state index contributed by atoms with van der Waals surface area (Å²) in [6.07, 6.45) is 0. The zero-order chi connectivity index (χ0) is 25.7. The number of carbonyl (C=O) groups excluding carboxylic acids is 3. The van der Waals surface area contributed by atoms with Gasteiger partial charge in [-0.3, -0.25) is 19.3 Å². The summed E-state index contributed by atoms with van der Waals surface area (Å²) in [5, 5.41) is 6.02. The molecule has 36 heavy (non-hydrogen) atoms. The van der Waals surface area contributed by atoms with Crippen LogP contribution in [0.5, 0.6) is 5.75 Å². The van der Waals surface area contributed by atoms with E-state index in [0.29, 0.717) is 34.1 Å². The summed E-state index contributed by atoms with van der Waals surface area (Å²) >= 11 is 1.20. The van der Waals surface area contributed by atoms with Crippen LogP contribution in [0.3, 0.4) is 0 Å². The molecule has 1 aliphatic rings. The maximum Gasteiger partial charge on any atom is 0.278 e. The van der Waals surface area contributed by atoms with Crippen LogP contribution in [0.2, 0.25) is 0 Å². The second-order valence-electron chi connectivity index (χ2n) is 8.62. The van der Waals surface area contributed by atoms with Crippen LogP contribution in [0.15, 0.2) is 94.4 Å². The summed E-state index contributed by atoms with van der Waals surface area (Å²) < 4.78 is 5.20. The van der Waals surface area contributed by atoms with E-state index < -0.39 is 0 Å². The number of imide groups is 1. The fraction of sp³-hybridized carbons (Fsp3) is 0.179. The molecule has 0 bridgehead atoms.